The molecule has 0 aromatic heterocycles. The Hall–Kier alpha value is -1.75. The highest BCUT2D eigenvalue weighted by Gasteiger charge is 2.25. The van der Waals surface area contributed by atoms with Crippen LogP contribution in [0.25, 0.3) is 0 Å². The van der Waals surface area contributed by atoms with Gasteiger partial charge in [0.05, 0.1) is 18.2 Å². The van der Waals surface area contributed by atoms with Crippen molar-refractivity contribution < 1.29 is 14.6 Å². The maximum Gasteiger partial charge on any atom is 0.414 e. The molecular weight excluding hydrogens is 244 g/mol. The first-order valence-corrected chi connectivity index (χ1v) is 6.41. The number of carbonyl (C=O) groups is 1. The fraction of sp³-hybridized carbons (Fsp3) is 0.500. The molecule has 0 saturated carbocycles. The smallest absolute Gasteiger partial charge is 0.414 e. The molecule has 5 heteroatoms. The van der Waals surface area contributed by atoms with Gasteiger partial charge in [-0.3, -0.25) is 4.90 Å². The van der Waals surface area contributed by atoms with Gasteiger partial charge in [-0.25, -0.2) is 4.79 Å². The van der Waals surface area contributed by atoms with E-state index in [2.05, 4.69) is 5.32 Å². The third-order valence-electron chi connectivity index (χ3n) is 3.36. The van der Waals surface area contributed by atoms with Crippen LogP contribution in [-0.4, -0.2) is 36.0 Å². The molecule has 1 aliphatic rings. The van der Waals surface area contributed by atoms with Crippen molar-refractivity contribution in [1.29, 1.82) is 0 Å². The van der Waals surface area contributed by atoms with E-state index >= 15 is 0 Å². The average Bonchev–Trinajstić information content (AvgIpc) is 2.74. The zero-order chi connectivity index (χ0) is 14.0. The zero-order valence-electron chi connectivity index (χ0n) is 11.5. The van der Waals surface area contributed by atoms with Gasteiger partial charge in [-0.2, -0.15) is 0 Å². The van der Waals surface area contributed by atoms with Gasteiger partial charge in [0.1, 0.15) is 6.61 Å². The number of rotatable bonds is 4. The molecule has 1 aromatic rings. The predicted molar refractivity (Wildman–Crippen MR) is 74.5 cm³/mol. The van der Waals surface area contributed by atoms with Crippen molar-refractivity contribution in [3.63, 3.8) is 0 Å². The van der Waals surface area contributed by atoms with Gasteiger partial charge in [-0.05, 0) is 39.0 Å². The van der Waals surface area contributed by atoms with Crippen LogP contribution in [0.1, 0.15) is 20.8 Å². The highest BCUT2D eigenvalue weighted by Crippen LogP contribution is 2.24. The largest absolute Gasteiger partial charge is 0.447 e. The molecule has 0 aliphatic carbocycles. The van der Waals surface area contributed by atoms with Crippen molar-refractivity contribution in [2.75, 3.05) is 23.4 Å². The van der Waals surface area contributed by atoms with Crippen LogP contribution in [0, 0.1) is 0 Å². The quantitative estimate of drug-likeness (QED) is 0.875. The monoisotopic (exact) mass is 264 g/mol. The molecule has 1 atom stereocenters. The molecule has 0 radical (unpaired) electrons. The van der Waals surface area contributed by atoms with Crippen molar-refractivity contribution in [3.8, 4) is 0 Å². The Bertz CT molecular complexity index is 468. The van der Waals surface area contributed by atoms with Crippen molar-refractivity contribution >= 4 is 17.5 Å². The third-order valence-corrected chi connectivity index (χ3v) is 3.36. The summed E-state index contributed by atoms with van der Waals surface area (Å²) in [6, 6.07) is 7.43. The van der Waals surface area contributed by atoms with Gasteiger partial charge in [0.15, 0.2) is 0 Å². The average molecular weight is 264 g/mol. The molecule has 2 rings (SSSR count). The van der Waals surface area contributed by atoms with Crippen molar-refractivity contribution in [1.82, 2.24) is 0 Å². The van der Waals surface area contributed by atoms with E-state index in [1.807, 2.05) is 31.2 Å². The van der Waals surface area contributed by atoms with E-state index in [0.717, 1.165) is 11.4 Å². The molecule has 1 aromatic carbocycles. The van der Waals surface area contributed by atoms with Crippen LogP contribution in [0.2, 0.25) is 0 Å². The van der Waals surface area contributed by atoms with E-state index in [4.69, 9.17) is 4.74 Å². The van der Waals surface area contributed by atoms with Crippen LogP contribution >= 0.6 is 0 Å². The van der Waals surface area contributed by atoms with Crippen LogP contribution in [0.5, 0.6) is 0 Å². The summed E-state index contributed by atoms with van der Waals surface area (Å²) < 4.78 is 4.92. The summed E-state index contributed by atoms with van der Waals surface area (Å²) in [6.07, 6.45) is -0.312. The van der Waals surface area contributed by atoms with Crippen molar-refractivity contribution in [3.05, 3.63) is 24.3 Å². The van der Waals surface area contributed by atoms with Gasteiger partial charge in [-0.1, -0.05) is 6.07 Å². The lowest BCUT2D eigenvalue weighted by molar-refractivity contribution is 0.0649. The van der Waals surface area contributed by atoms with E-state index in [1.54, 1.807) is 18.7 Å². The van der Waals surface area contributed by atoms with Crippen LogP contribution < -0.4 is 10.2 Å². The molecule has 1 aliphatic heterocycles. The first-order valence-electron chi connectivity index (χ1n) is 6.41. The van der Waals surface area contributed by atoms with E-state index < -0.39 is 5.60 Å². The SMILES string of the molecule is CC(Nc1cccc(N2CCOC2=O)c1)C(C)(C)O. The lowest BCUT2D eigenvalue weighted by atomic mass is 10.0. The van der Waals surface area contributed by atoms with E-state index in [0.29, 0.717) is 13.2 Å². The fourth-order valence-electron chi connectivity index (χ4n) is 1.82. The minimum absolute atomic E-state index is 0.103. The summed E-state index contributed by atoms with van der Waals surface area (Å²) in [4.78, 5) is 13.1. The van der Waals surface area contributed by atoms with E-state index in [-0.39, 0.29) is 12.1 Å². The molecule has 19 heavy (non-hydrogen) atoms. The summed E-state index contributed by atoms with van der Waals surface area (Å²) in [5.74, 6) is 0. The van der Waals surface area contributed by atoms with Crippen LogP contribution in [-0.2, 0) is 4.74 Å². The summed E-state index contributed by atoms with van der Waals surface area (Å²) in [6.45, 7) is 6.43. The van der Waals surface area contributed by atoms with Gasteiger partial charge < -0.3 is 15.2 Å². The Morgan fingerprint density at radius 2 is 2.21 bits per heavy atom. The van der Waals surface area contributed by atoms with E-state index in [1.165, 1.54) is 0 Å². The van der Waals surface area contributed by atoms with Gasteiger partial charge in [0.25, 0.3) is 0 Å². The maximum atomic E-state index is 11.5. The number of hydrogen-bond acceptors (Lipinski definition) is 4. The predicted octanol–water partition coefficient (Wildman–Crippen LogP) is 2.21. The summed E-state index contributed by atoms with van der Waals surface area (Å²) in [7, 11) is 0. The number of nitrogens with one attached hydrogen (secondary N) is 1. The molecule has 2 N–H and O–H groups in total. The molecule has 0 bridgehead atoms. The maximum absolute atomic E-state index is 11.5. The Morgan fingerprint density at radius 1 is 1.47 bits per heavy atom. The first kappa shape index (κ1) is 13.7. The minimum atomic E-state index is -0.817. The number of carbonyl (C=O) groups excluding carboxylic acids is 1. The van der Waals surface area contributed by atoms with Crippen molar-refractivity contribution in [2.45, 2.75) is 32.4 Å². The molecular formula is C14H20N2O3. The number of hydrogen-bond donors (Lipinski definition) is 2. The fourth-order valence-corrected chi connectivity index (χ4v) is 1.82. The number of ether oxygens (including phenoxy) is 1. The highest BCUT2D eigenvalue weighted by atomic mass is 16.6. The second-order valence-corrected chi connectivity index (χ2v) is 5.34. The number of cyclic esters (lactones) is 1. The van der Waals surface area contributed by atoms with Crippen LogP contribution in [0.3, 0.4) is 0 Å². The lowest BCUT2D eigenvalue weighted by Crippen LogP contribution is -2.39. The number of nitrogens with zero attached hydrogens (tertiary/aromatic N) is 1. The van der Waals surface area contributed by atoms with Crippen LogP contribution in [0.4, 0.5) is 16.2 Å². The first-order chi connectivity index (χ1) is 8.88. The standard InChI is InChI=1S/C14H20N2O3/c1-10(14(2,3)18)15-11-5-4-6-12(9-11)16-7-8-19-13(16)17/h4-6,9-10,15,18H,7-8H2,1-3H3. The zero-order valence-corrected chi connectivity index (χ0v) is 11.5. The van der Waals surface area contributed by atoms with Gasteiger partial charge in [-0.15, -0.1) is 0 Å². The number of aliphatic hydroxyl groups is 1. The molecule has 1 amide bonds. The second kappa shape index (κ2) is 5.09. The number of anilines is 2. The molecule has 1 heterocycles. The van der Waals surface area contributed by atoms with Gasteiger partial charge in [0, 0.05) is 11.4 Å². The number of benzene rings is 1. The minimum Gasteiger partial charge on any atom is -0.447 e. The molecule has 1 saturated heterocycles. The highest BCUT2D eigenvalue weighted by molar-refractivity contribution is 5.89. The summed E-state index contributed by atoms with van der Waals surface area (Å²) in [5.41, 5.74) is 0.852. The second-order valence-electron chi connectivity index (χ2n) is 5.34. The Labute approximate surface area is 113 Å². The topological polar surface area (TPSA) is 61.8 Å². The lowest BCUT2D eigenvalue weighted by Gasteiger charge is -2.28. The Kier molecular flexibility index (Phi) is 3.66. The normalized spacial score (nSPS) is 17.3. The molecule has 5 nitrogen and oxygen atoms in total. The molecule has 104 valence electrons. The summed E-state index contributed by atoms with van der Waals surface area (Å²) in [5, 5.41) is 13.2. The number of amides is 1. The molecule has 1 fully saturated rings. The van der Waals surface area contributed by atoms with Crippen LogP contribution in [0.15, 0.2) is 24.3 Å². The molecule has 0 spiro atoms. The van der Waals surface area contributed by atoms with Crippen molar-refractivity contribution in [2.24, 2.45) is 0 Å². The van der Waals surface area contributed by atoms with Gasteiger partial charge >= 0.3 is 6.09 Å². The third kappa shape index (κ3) is 3.17. The Balaban J connectivity index is 2.13. The molecule has 1 unspecified atom stereocenters. The van der Waals surface area contributed by atoms with E-state index in [9.17, 15) is 9.90 Å². The Morgan fingerprint density at radius 3 is 2.79 bits per heavy atom. The van der Waals surface area contributed by atoms with Gasteiger partial charge in [0.2, 0.25) is 0 Å². The summed E-state index contributed by atoms with van der Waals surface area (Å²) >= 11 is 0.